The molecule has 0 heterocycles. The lowest BCUT2D eigenvalue weighted by atomic mass is 10.7. The third kappa shape index (κ3) is 14.1. The van der Waals surface area contributed by atoms with Crippen molar-refractivity contribution < 1.29 is 33.4 Å². The van der Waals surface area contributed by atoms with Gasteiger partial charge in [-0.25, -0.2) is 9.59 Å². The molecule has 7 heteroatoms. The second kappa shape index (κ2) is 10.6. The van der Waals surface area contributed by atoms with E-state index in [0.29, 0.717) is 0 Å². The first-order chi connectivity index (χ1) is 7.84. The van der Waals surface area contributed by atoms with Crippen molar-refractivity contribution >= 4 is 23.9 Å². The topological polar surface area (TPSA) is 96.0 Å². The normalized spacial score (nSPS) is 8.24. The molecule has 0 spiro atoms. The molecule has 0 aromatic rings. The summed E-state index contributed by atoms with van der Waals surface area (Å²) in [6.07, 6.45) is 0. The summed E-state index contributed by atoms with van der Waals surface area (Å²) in [7, 11) is 0. The Morgan fingerprint density at radius 2 is 1.06 bits per heavy atom. The van der Waals surface area contributed by atoms with Crippen molar-refractivity contribution in [3.63, 3.8) is 0 Å². The molecule has 0 aromatic carbocycles. The van der Waals surface area contributed by atoms with E-state index in [1.807, 2.05) is 0 Å². The summed E-state index contributed by atoms with van der Waals surface area (Å²) in [6, 6.07) is 0. The number of carbonyl (C=O) groups is 4. The maximum Gasteiger partial charge on any atom is 0.417 e. The lowest BCUT2D eigenvalue weighted by Crippen LogP contribution is -2.19. The predicted octanol–water partition coefficient (Wildman–Crippen LogP) is 0.209. The Hall–Kier alpha value is -1.92. The maximum absolute atomic E-state index is 10.4. The zero-order valence-electron chi connectivity index (χ0n) is 10.3. The molecule has 0 N–H and O–H groups in total. The van der Waals surface area contributed by atoms with Gasteiger partial charge in [0, 0.05) is 13.8 Å². The van der Waals surface area contributed by atoms with Gasteiger partial charge < -0.3 is 14.2 Å². The lowest BCUT2D eigenvalue weighted by molar-refractivity contribution is -0.167. The number of carbonyl (C=O) groups excluding carboxylic acids is 4. The average Bonchev–Trinajstić information content (AvgIpc) is 2.17. The summed E-state index contributed by atoms with van der Waals surface area (Å²) < 4.78 is 12.7. The second-order valence-electron chi connectivity index (χ2n) is 2.53. The van der Waals surface area contributed by atoms with E-state index in [0.717, 1.165) is 0 Å². The van der Waals surface area contributed by atoms with Crippen molar-refractivity contribution in [1.29, 1.82) is 0 Å². The third-order valence-corrected chi connectivity index (χ3v) is 1.00. The Morgan fingerprint density at radius 3 is 1.18 bits per heavy atom. The highest BCUT2D eigenvalue weighted by Gasteiger charge is 2.14. The van der Waals surface area contributed by atoms with Crippen molar-refractivity contribution in [1.82, 2.24) is 0 Å². The highest BCUT2D eigenvalue weighted by atomic mass is 16.6. The smallest absolute Gasteiger partial charge is 0.417 e. The molecule has 0 saturated heterocycles. The van der Waals surface area contributed by atoms with Crippen LogP contribution < -0.4 is 0 Å². The molecule has 98 valence electrons. The second-order valence-corrected chi connectivity index (χ2v) is 2.53. The van der Waals surface area contributed by atoms with E-state index < -0.39 is 23.9 Å². The van der Waals surface area contributed by atoms with Crippen LogP contribution >= 0.6 is 0 Å². The van der Waals surface area contributed by atoms with Crippen LogP contribution in [-0.2, 0) is 33.4 Å². The van der Waals surface area contributed by atoms with Gasteiger partial charge in [0.15, 0.2) is 0 Å². The van der Waals surface area contributed by atoms with Gasteiger partial charge in [0.25, 0.3) is 0 Å². The summed E-state index contributed by atoms with van der Waals surface area (Å²) in [5, 5.41) is 0. The fourth-order valence-corrected chi connectivity index (χ4v) is 0.582. The molecule has 0 saturated carbocycles. The summed E-state index contributed by atoms with van der Waals surface area (Å²) >= 11 is 0. The van der Waals surface area contributed by atoms with Crippen molar-refractivity contribution in [2.24, 2.45) is 0 Å². The molecule has 7 nitrogen and oxygen atoms in total. The Kier molecular flexibility index (Phi) is 10.9. The zero-order chi connectivity index (χ0) is 13.8. The molecule has 0 unspecified atom stereocenters. The number of esters is 4. The molecule has 0 amide bonds. The molecule has 0 atom stereocenters. The molecule has 0 aliphatic carbocycles. The quantitative estimate of drug-likeness (QED) is 0.298. The van der Waals surface area contributed by atoms with Gasteiger partial charge in [-0.15, -0.1) is 0 Å². The van der Waals surface area contributed by atoms with Gasteiger partial charge in [-0.1, -0.05) is 0 Å². The zero-order valence-corrected chi connectivity index (χ0v) is 10.3. The minimum atomic E-state index is -0.927. The van der Waals surface area contributed by atoms with E-state index in [9.17, 15) is 19.2 Å². The average molecular weight is 248 g/mol. The van der Waals surface area contributed by atoms with Crippen LogP contribution in [0.25, 0.3) is 0 Å². The first-order valence-electron chi connectivity index (χ1n) is 4.87. The largest absolute Gasteiger partial charge is 0.458 e. The monoisotopic (exact) mass is 248 g/mol. The molecule has 0 aliphatic heterocycles. The number of rotatable bonds is 2. The van der Waals surface area contributed by atoms with Crippen molar-refractivity contribution in [3.8, 4) is 0 Å². The molecule has 0 aliphatic rings. The van der Waals surface area contributed by atoms with Gasteiger partial charge in [-0.05, 0) is 13.8 Å². The van der Waals surface area contributed by atoms with Gasteiger partial charge in [-0.3, -0.25) is 9.59 Å². The van der Waals surface area contributed by atoms with E-state index >= 15 is 0 Å². The highest BCUT2D eigenvalue weighted by Crippen LogP contribution is 1.82. The van der Waals surface area contributed by atoms with Crippen LogP contribution in [0.15, 0.2) is 0 Å². The fraction of sp³-hybridized carbons (Fsp3) is 0.600. The van der Waals surface area contributed by atoms with Crippen molar-refractivity contribution in [2.45, 2.75) is 27.7 Å². The Labute approximate surface area is 99.0 Å². The standard InChI is InChI=1S/C6H10O4.C4H6O3/c1-3-9-5(7)6(8)10-4-2;1-3(5)7-4(2)6/h3-4H2,1-2H3;1-2H3. The first-order valence-corrected chi connectivity index (χ1v) is 4.87. The maximum atomic E-state index is 10.4. The lowest BCUT2D eigenvalue weighted by Gasteiger charge is -1.99. The molecule has 0 bridgehead atoms. The molecule has 17 heavy (non-hydrogen) atoms. The van der Waals surface area contributed by atoms with E-state index in [2.05, 4.69) is 14.2 Å². The van der Waals surface area contributed by atoms with E-state index in [1.165, 1.54) is 13.8 Å². The summed E-state index contributed by atoms with van der Waals surface area (Å²) in [5.74, 6) is -2.98. The van der Waals surface area contributed by atoms with E-state index in [4.69, 9.17) is 0 Å². The summed E-state index contributed by atoms with van der Waals surface area (Å²) in [4.78, 5) is 40.5. The van der Waals surface area contributed by atoms with Crippen LogP contribution in [0.1, 0.15) is 27.7 Å². The first kappa shape index (κ1) is 17.5. The molecule has 0 fully saturated rings. The van der Waals surface area contributed by atoms with Crippen LogP contribution in [0, 0.1) is 0 Å². The van der Waals surface area contributed by atoms with E-state index in [1.54, 1.807) is 13.8 Å². The molecule has 0 radical (unpaired) electrons. The van der Waals surface area contributed by atoms with E-state index in [-0.39, 0.29) is 13.2 Å². The SMILES string of the molecule is CC(=O)OC(C)=O.CCOC(=O)C(=O)OCC. The molecule has 0 aromatic heterocycles. The van der Waals surface area contributed by atoms with Gasteiger partial charge in [-0.2, -0.15) is 0 Å². The molecular weight excluding hydrogens is 232 g/mol. The van der Waals surface area contributed by atoms with Gasteiger partial charge >= 0.3 is 23.9 Å². The van der Waals surface area contributed by atoms with Crippen LogP contribution in [0.5, 0.6) is 0 Å². The van der Waals surface area contributed by atoms with Crippen LogP contribution in [0.4, 0.5) is 0 Å². The number of hydrogen-bond donors (Lipinski definition) is 0. The minimum Gasteiger partial charge on any atom is -0.458 e. The predicted molar refractivity (Wildman–Crippen MR) is 55.7 cm³/mol. The summed E-state index contributed by atoms with van der Waals surface area (Å²) in [6.45, 7) is 5.99. The van der Waals surface area contributed by atoms with Crippen molar-refractivity contribution in [3.05, 3.63) is 0 Å². The third-order valence-electron chi connectivity index (χ3n) is 1.00. The Balaban J connectivity index is 0. The highest BCUT2D eigenvalue weighted by molar-refractivity contribution is 6.29. The van der Waals surface area contributed by atoms with Gasteiger partial charge in [0.05, 0.1) is 13.2 Å². The van der Waals surface area contributed by atoms with Gasteiger partial charge in [0.2, 0.25) is 0 Å². The minimum absolute atomic E-state index is 0.192. The van der Waals surface area contributed by atoms with Crippen LogP contribution in [-0.4, -0.2) is 37.1 Å². The number of hydrogen-bond acceptors (Lipinski definition) is 7. The van der Waals surface area contributed by atoms with Crippen LogP contribution in [0.3, 0.4) is 0 Å². The fourth-order valence-electron chi connectivity index (χ4n) is 0.582. The van der Waals surface area contributed by atoms with Crippen molar-refractivity contribution in [2.75, 3.05) is 13.2 Å². The van der Waals surface area contributed by atoms with Gasteiger partial charge in [0.1, 0.15) is 0 Å². The number of ether oxygens (including phenoxy) is 3. The molecular formula is C10H16O7. The Bertz CT molecular complexity index is 254. The summed E-state index contributed by atoms with van der Waals surface area (Å²) in [5.41, 5.74) is 0. The van der Waals surface area contributed by atoms with Crippen LogP contribution in [0.2, 0.25) is 0 Å². The Morgan fingerprint density at radius 1 is 0.765 bits per heavy atom. The molecule has 0 rings (SSSR count).